The van der Waals surface area contributed by atoms with Crippen molar-refractivity contribution in [3.05, 3.63) is 48.2 Å². The molecular weight excluding hydrogens is 226 g/mol. The minimum Gasteiger partial charge on any atom is -0.422 e. The van der Waals surface area contributed by atoms with E-state index < -0.39 is 0 Å². The van der Waals surface area contributed by atoms with E-state index in [1.807, 2.05) is 30.5 Å². The van der Waals surface area contributed by atoms with Crippen LogP contribution in [-0.2, 0) is 0 Å². The lowest BCUT2D eigenvalue weighted by molar-refractivity contribution is 0.609. The van der Waals surface area contributed by atoms with E-state index in [1.54, 1.807) is 0 Å². The maximum Gasteiger partial charge on any atom is 0.314 e. The van der Waals surface area contributed by atoms with Gasteiger partial charge in [0.1, 0.15) is 5.52 Å². The molecule has 1 aromatic carbocycles. The number of hydrazine groups is 1. The van der Waals surface area contributed by atoms with Gasteiger partial charge in [0.05, 0.1) is 0 Å². The van der Waals surface area contributed by atoms with Crippen LogP contribution in [0, 0.1) is 0 Å². The molecule has 4 nitrogen and oxygen atoms in total. The Morgan fingerprint density at radius 1 is 1.22 bits per heavy atom. The second-order valence-corrected chi connectivity index (χ2v) is 4.27. The minimum atomic E-state index is 0.486. The minimum absolute atomic E-state index is 0.486. The number of oxazole rings is 1. The van der Waals surface area contributed by atoms with Crippen molar-refractivity contribution in [3.63, 3.8) is 0 Å². The van der Waals surface area contributed by atoms with Crippen LogP contribution < -0.4 is 10.9 Å². The molecule has 2 aromatic rings. The number of fused-ring (bicyclic) bond motifs is 1. The number of rotatable bonds is 3. The average Bonchev–Trinajstić information content (AvgIpc) is 2.82. The standard InChI is InChI=1S/C14H15N3O/c1-2-6-11(7-3-1)10-15-17-14-16-12-8-4-5-9-13(12)18-14/h1-2,4-5,8-10,15H,3,6-7H2,(H,16,17)/b11-10+. The van der Waals surface area contributed by atoms with Gasteiger partial charge in [-0.2, -0.15) is 4.98 Å². The molecule has 0 aliphatic heterocycles. The largest absolute Gasteiger partial charge is 0.422 e. The lowest BCUT2D eigenvalue weighted by Gasteiger charge is -2.08. The van der Waals surface area contributed by atoms with Crippen molar-refractivity contribution in [2.24, 2.45) is 0 Å². The van der Waals surface area contributed by atoms with Crippen LogP contribution >= 0.6 is 0 Å². The summed E-state index contributed by atoms with van der Waals surface area (Å²) in [5.74, 6) is 0. The maximum atomic E-state index is 5.53. The van der Waals surface area contributed by atoms with E-state index in [0.717, 1.165) is 30.4 Å². The Hall–Kier alpha value is -2.23. The van der Waals surface area contributed by atoms with E-state index in [0.29, 0.717) is 6.01 Å². The van der Waals surface area contributed by atoms with Crippen LogP contribution in [0.25, 0.3) is 11.1 Å². The Bertz CT molecular complexity index is 565. The van der Waals surface area contributed by atoms with Gasteiger partial charge in [-0.05, 0) is 37.0 Å². The smallest absolute Gasteiger partial charge is 0.314 e. The fourth-order valence-corrected chi connectivity index (χ4v) is 1.98. The summed E-state index contributed by atoms with van der Waals surface area (Å²) >= 11 is 0. The summed E-state index contributed by atoms with van der Waals surface area (Å²) in [6.07, 6.45) is 9.64. The molecule has 0 amide bonds. The second-order valence-electron chi connectivity index (χ2n) is 4.27. The topological polar surface area (TPSA) is 50.1 Å². The van der Waals surface area contributed by atoms with Gasteiger partial charge in [0.2, 0.25) is 0 Å². The molecular formula is C14H15N3O. The molecule has 92 valence electrons. The third-order valence-corrected chi connectivity index (χ3v) is 2.93. The van der Waals surface area contributed by atoms with E-state index in [4.69, 9.17) is 4.42 Å². The quantitative estimate of drug-likeness (QED) is 0.639. The molecule has 0 fully saturated rings. The summed E-state index contributed by atoms with van der Waals surface area (Å²) in [6.45, 7) is 0. The predicted octanol–water partition coefficient (Wildman–Crippen LogP) is 3.37. The number of para-hydroxylation sites is 2. The number of hydrogen-bond donors (Lipinski definition) is 2. The van der Waals surface area contributed by atoms with Crippen LogP contribution in [0.4, 0.5) is 6.01 Å². The highest BCUT2D eigenvalue weighted by Gasteiger charge is 2.03. The normalized spacial score (nSPS) is 17.2. The lowest BCUT2D eigenvalue weighted by Crippen LogP contribution is -2.15. The average molecular weight is 241 g/mol. The number of nitrogens with one attached hydrogen (secondary N) is 2. The lowest BCUT2D eigenvalue weighted by atomic mass is 10.0. The van der Waals surface area contributed by atoms with Gasteiger partial charge in [-0.1, -0.05) is 24.3 Å². The van der Waals surface area contributed by atoms with Gasteiger partial charge in [-0.25, -0.2) is 0 Å². The Labute approximate surface area is 105 Å². The molecule has 0 atom stereocenters. The summed E-state index contributed by atoms with van der Waals surface area (Å²) < 4.78 is 5.53. The Morgan fingerprint density at radius 3 is 3.00 bits per heavy atom. The summed E-state index contributed by atoms with van der Waals surface area (Å²) in [5, 5.41) is 0. The van der Waals surface area contributed by atoms with Crippen molar-refractivity contribution in [1.82, 2.24) is 10.4 Å². The van der Waals surface area contributed by atoms with Crippen LogP contribution in [0.5, 0.6) is 0 Å². The molecule has 4 heteroatoms. The van der Waals surface area contributed by atoms with Gasteiger partial charge in [-0.3, -0.25) is 5.43 Å². The molecule has 0 radical (unpaired) electrons. The van der Waals surface area contributed by atoms with Gasteiger partial charge >= 0.3 is 6.01 Å². The first-order valence-electron chi connectivity index (χ1n) is 6.12. The Kier molecular flexibility index (Phi) is 3.00. The summed E-state index contributed by atoms with van der Waals surface area (Å²) in [7, 11) is 0. The molecule has 1 aliphatic rings. The van der Waals surface area contributed by atoms with Gasteiger partial charge in [0, 0.05) is 6.20 Å². The number of hydrogen-bond acceptors (Lipinski definition) is 4. The zero-order valence-electron chi connectivity index (χ0n) is 10.0. The molecule has 0 bridgehead atoms. The van der Waals surface area contributed by atoms with Gasteiger partial charge in [0.15, 0.2) is 5.58 Å². The highest BCUT2D eigenvalue weighted by atomic mass is 16.4. The van der Waals surface area contributed by atoms with Crippen LogP contribution in [0.1, 0.15) is 19.3 Å². The maximum absolute atomic E-state index is 5.53. The van der Waals surface area contributed by atoms with E-state index in [9.17, 15) is 0 Å². The van der Waals surface area contributed by atoms with Crippen molar-refractivity contribution in [2.45, 2.75) is 19.3 Å². The number of benzene rings is 1. The third-order valence-electron chi connectivity index (χ3n) is 2.93. The summed E-state index contributed by atoms with van der Waals surface area (Å²) in [4.78, 5) is 4.31. The molecule has 1 aromatic heterocycles. The van der Waals surface area contributed by atoms with Crippen LogP contribution in [0.2, 0.25) is 0 Å². The first kappa shape index (κ1) is 10.9. The number of anilines is 1. The van der Waals surface area contributed by atoms with E-state index >= 15 is 0 Å². The molecule has 0 spiro atoms. The Balaban J connectivity index is 1.64. The van der Waals surface area contributed by atoms with Crippen molar-refractivity contribution < 1.29 is 4.42 Å². The van der Waals surface area contributed by atoms with Gasteiger partial charge in [-0.15, -0.1) is 0 Å². The molecule has 0 saturated heterocycles. The first-order chi connectivity index (χ1) is 8.92. The number of allylic oxidation sites excluding steroid dienone is 3. The SMILES string of the molecule is C1=CC/C(=C\NNc2nc3ccccc3o2)CC1. The van der Waals surface area contributed by atoms with Crippen LogP contribution in [0.15, 0.2) is 52.6 Å². The van der Waals surface area contributed by atoms with Crippen molar-refractivity contribution in [3.8, 4) is 0 Å². The summed E-state index contributed by atoms with van der Waals surface area (Å²) in [5.41, 5.74) is 9.00. The molecule has 2 N–H and O–H groups in total. The summed E-state index contributed by atoms with van der Waals surface area (Å²) in [6, 6.07) is 8.19. The van der Waals surface area contributed by atoms with E-state index in [1.165, 1.54) is 5.57 Å². The number of nitrogens with zero attached hydrogens (tertiary/aromatic N) is 1. The van der Waals surface area contributed by atoms with Gasteiger partial charge < -0.3 is 9.84 Å². The van der Waals surface area contributed by atoms with Crippen molar-refractivity contribution >= 4 is 17.1 Å². The van der Waals surface area contributed by atoms with E-state index in [2.05, 4.69) is 28.0 Å². The highest BCUT2D eigenvalue weighted by molar-refractivity contribution is 5.73. The Morgan fingerprint density at radius 2 is 2.17 bits per heavy atom. The zero-order chi connectivity index (χ0) is 12.2. The number of aromatic nitrogens is 1. The van der Waals surface area contributed by atoms with Crippen LogP contribution in [-0.4, -0.2) is 4.98 Å². The van der Waals surface area contributed by atoms with Crippen molar-refractivity contribution in [2.75, 3.05) is 5.43 Å². The predicted molar refractivity (Wildman–Crippen MR) is 71.8 cm³/mol. The highest BCUT2D eigenvalue weighted by Crippen LogP contribution is 2.18. The zero-order valence-corrected chi connectivity index (χ0v) is 10.0. The molecule has 1 heterocycles. The molecule has 0 saturated carbocycles. The monoisotopic (exact) mass is 241 g/mol. The van der Waals surface area contributed by atoms with Gasteiger partial charge in [0.25, 0.3) is 0 Å². The molecule has 18 heavy (non-hydrogen) atoms. The fraction of sp³-hybridized carbons (Fsp3) is 0.214. The first-order valence-corrected chi connectivity index (χ1v) is 6.12. The molecule has 1 aliphatic carbocycles. The van der Waals surface area contributed by atoms with Crippen molar-refractivity contribution in [1.29, 1.82) is 0 Å². The third kappa shape index (κ3) is 2.37. The molecule has 0 unspecified atom stereocenters. The molecule has 3 rings (SSSR count). The van der Waals surface area contributed by atoms with E-state index in [-0.39, 0.29) is 0 Å². The fourth-order valence-electron chi connectivity index (χ4n) is 1.98. The van der Waals surface area contributed by atoms with Crippen LogP contribution in [0.3, 0.4) is 0 Å². The second kappa shape index (κ2) is 4.96.